The van der Waals surface area contributed by atoms with Crippen molar-refractivity contribution in [1.29, 1.82) is 0 Å². The van der Waals surface area contributed by atoms with Crippen molar-refractivity contribution in [1.82, 2.24) is 4.90 Å². The molecule has 0 aromatic heterocycles. The Labute approximate surface area is 150 Å². The molecule has 0 saturated carbocycles. The molecule has 1 aliphatic heterocycles. The van der Waals surface area contributed by atoms with Crippen LogP contribution in [0.15, 0.2) is 34.3 Å². The van der Waals surface area contributed by atoms with Crippen LogP contribution in [0.2, 0.25) is 0 Å². The van der Waals surface area contributed by atoms with Gasteiger partial charge in [-0.2, -0.15) is 0 Å². The van der Waals surface area contributed by atoms with Crippen LogP contribution in [-0.2, 0) is 14.4 Å². The second kappa shape index (κ2) is 7.82. The summed E-state index contributed by atoms with van der Waals surface area (Å²) in [5, 5.41) is 27.4. The zero-order valence-corrected chi connectivity index (χ0v) is 14.7. The quantitative estimate of drug-likeness (QED) is 0.363. The van der Waals surface area contributed by atoms with E-state index < -0.39 is 23.0 Å². The number of carboxylic acids is 1. The summed E-state index contributed by atoms with van der Waals surface area (Å²) < 4.78 is 0.775. The molecule has 9 heteroatoms. The molecule has 3 N–H and O–H groups in total. The summed E-state index contributed by atoms with van der Waals surface area (Å²) in [5.74, 6) is -3.61. The highest BCUT2D eigenvalue weighted by Gasteiger charge is 2.45. The van der Waals surface area contributed by atoms with Gasteiger partial charge >= 0.3 is 5.97 Å². The van der Waals surface area contributed by atoms with E-state index in [0.717, 1.165) is 21.1 Å². The topological polar surface area (TPSA) is 115 Å². The van der Waals surface area contributed by atoms with Gasteiger partial charge in [0.05, 0.1) is 17.9 Å². The van der Waals surface area contributed by atoms with Gasteiger partial charge in [-0.3, -0.25) is 14.4 Å². The van der Waals surface area contributed by atoms with E-state index in [2.05, 4.69) is 15.9 Å². The summed E-state index contributed by atoms with van der Waals surface area (Å²) in [6.07, 6.45) is 0. The minimum Gasteiger partial charge on any atom is -0.507 e. The molecule has 1 unspecified atom stereocenters. The van der Waals surface area contributed by atoms with Gasteiger partial charge < -0.3 is 20.2 Å². The van der Waals surface area contributed by atoms with E-state index in [1.807, 2.05) is 0 Å². The van der Waals surface area contributed by atoms with Crippen molar-refractivity contribution in [2.45, 2.75) is 5.37 Å². The predicted molar refractivity (Wildman–Crippen MR) is 91.4 cm³/mol. The first kappa shape index (κ1) is 18.5. The second-order valence-electron chi connectivity index (χ2n) is 4.88. The van der Waals surface area contributed by atoms with E-state index in [1.54, 1.807) is 24.3 Å². The summed E-state index contributed by atoms with van der Waals surface area (Å²) in [6.45, 7) is -0.506. The molecule has 1 heterocycles. The maximum absolute atomic E-state index is 12.3. The SMILES string of the molecule is O=C(O)CSC1C(=C(O)c2ccc(Br)cc2)C(=O)C(=O)N1CCO. The third kappa shape index (κ3) is 3.80. The summed E-state index contributed by atoms with van der Waals surface area (Å²) in [4.78, 5) is 36.3. The number of hydrogen-bond donors (Lipinski definition) is 3. The first-order valence-corrected chi connectivity index (χ1v) is 8.69. The van der Waals surface area contributed by atoms with Crippen LogP contribution in [0.4, 0.5) is 0 Å². The summed E-state index contributed by atoms with van der Waals surface area (Å²) in [7, 11) is 0. The van der Waals surface area contributed by atoms with Gasteiger partial charge in [-0.05, 0) is 12.1 Å². The molecular weight excluding hydrogens is 402 g/mol. The highest BCUT2D eigenvalue weighted by molar-refractivity contribution is 9.10. The van der Waals surface area contributed by atoms with Crippen molar-refractivity contribution < 1.29 is 29.7 Å². The number of thioether (sulfide) groups is 1. The predicted octanol–water partition coefficient (Wildman–Crippen LogP) is 1.27. The number of rotatable bonds is 6. The number of ketones is 1. The molecule has 1 fully saturated rings. The van der Waals surface area contributed by atoms with E-state index in [-0.39, 0.29) is 30.2 Å². The fraction of sp³-hybridized carbons (Fsp3) is 0.267. The molecule has 1 amide bonds. The molecule has 24 heavy (non-hydrogen) atoms. The highest BCUT2D eigenvalue weighted by atomic mass is 79.9. The van der Waals surface area contributed by atoms with Gasteiger partial charge in [-0.15, -0.1) is 11.8 Å². The third-order valence-electron chi connectivity index (χ3n) is 3.31. The van der Waals surface area contributed by atoms with Crippen molar-refractivity contribution in [2.75, 3.05) is 18.9 Å². The van der Waals surface area contributed by atoms with Crippen LogP contribution in [0, 0.1) is 0 Å². The summed E-state index contributed by atoms with van der Waals surface area (Å²) in [6, 6.07) is 6.46. The number of aliphatic hydroxyl groups excluding tert-OH is 2. The maximum Gasteiger partial charge on any atom is 0.313 e. The van der Waals surface area contributed by atoms with Gasteiger partial charge in [0.25, 0.3) is 11.7 Å². The molecule has 0 bridgehead atoms. The Balaban J connectivity index is 2.47. The van der Waals surface area contributed by atoms with Crippen molar-refractivity contribution in [3.05, 3.63) is 39.9 Å². The van der Waals surface area contributed by atoms with Gasteiger partial charge in [-0.25, -0.2) is 0 Å². The van der Waals surface area contributed by atoms with Gasteiger partial charge in [0.2, 0.25) is 0 Å². The molecule has 1 atom stereocenters. The number of carbonyl (C=O) groups is 3. The second-order valence-corrected chi connectivity index (χ2v) is 6.86. The molecule has 1 aromatic carbocycles. The van der Waals surface area contributed by atoms with Crippen LogP contribution in [0.5, 0.6) is 0 Å². The molecule has 0 spiro atoms. The van der Waals surface area contributed by atoms with E-state index in [1.165, 1.54) is 0 Å². The molecule has 128 valence electrons. The van der Waals surface area contributed by atoms with Crippen molar-refractivity contribution in [3.63, 3.8) is 0 Å². The maximum atomic E-state index is 12.3. The molecule has 1 aromatic rings. The number of β-amino-alcohol motifs (C(OH)–C–C–N with tert-alkyl or cyclic N) is 1. The fourth-order valence-corrected chi connectivity index (χ4v) is 3.59. The van der Waals surface area contributed by atoms with Gasteiger partial charge in [-0.1, -0.05) is 28.1 Å². The Bertz CT molecular complexity index is 702. The Morgan fingerprint density at radius 3 is 2.38 bits per heavy atom. The van der Waals surface area contributed by atoms with Gasteiger partial charge in [0.1, 0.15) is 11.1 Å². The van der Waals surface area contributed by atoms with E-state index >= 15 is 0 Å². The Kier molecular flexibility index (Phi) is 6.03. The molecule has 1 saturated heterocycles. The first-order chi connectivity index (χ1) is 11.4. The molecule has 1 aliphatic rings. The number of aliphatic hydroxyl groups is 2. The lowest BCUT2D eigenvalue weighted by Gasteiger charge is -2.22. The zero-order chi connectivity index (χ0) is 17.9. The fourth-order valence-electron chi connectivity index (χ4n) is 2.26. The van der Waals surface area contributed by atoms with E-state index in [9.17, 15) is 19.5 Å². The number of hydrogen-bond acceptors (Lipinski definition) is 6. The molecule has 7 nitrogen and oxygen atoms in total. The third-order valence-corrected chi connectivity index (χ3v) is 5.06. The summed E-state index contributed by atoms with van der Waals surface area (Å²) in [5.41, 5.74) is 0.170. The Morgan fingerprint density at radius 2 is 1.83 bits per heavy atom. The van der Waals surface area contributed by atoms with Crippen molar-refractivity contribution >= 4 is 51.1 Å². The minimum atomic E-state index is -1.11. The number of nitrogens with zero attached hydrogens (tertiary/aromatic N) is 1. The standard InChI is InChI=1S/C15H14BrNO6S/c16-9-3-1-8(2-4-9)12(21)11-13(22)14(23)17(5-6-18)15(11)24-7-10(19)20/h1-4,15,18,21H,5-7H2,(H,19,20). The van der Waals surface area contributed by atoms with Gasteiger partial charge in [0.15, 0.2) is 0 Å². The van der Waals surface area contributed by atoms with Crippen LogP contribution >= 0.6 is 27.7 Å². The lowest BCUT2D eigenvalue weighted by molar-refractivity contribution is -0.139. The monoisotopic (exact) mass is 415 g/mol. The Morgan fingerprint density at radius 1 is 1.21 bits per heavy atom. The Hall–Kier alpha value is -1.84. The number of likely N-dealkylation sites (tertiary alicyclic amines) is 1. The van der Waals surface area contributed by atoms with Crippen LogP contribution in [0.25, 0.3) is 5.76 Å². The molecule has 0 radical (unpaired) electrons. The average molecular weight is 416 g/mol. The van der Waals surface area contributed by atoms with Crippen LogP contribution in [0.1, 0.15) is 5.56 Å². The number of benzene rings is 1. The lowest BCUT2D eigenvalue weighted by atomic mass is 10.1. The number of amides is 1. The van der Waals surface area contributed by atoms with Crippen molar-refractivity contribution in [2.24, 2.45) is 0 Å². The number of aliphatic carboxylic acids is 1. The first-order valence-electron chi connectivity index (χ1n) is 6.85. The molecule has 2 rings (SSSR count). The number of Topliss-reactive ketones (excluding diaryl/α,β-unsaturated/α-hetero) is 1. The minimum absolute atomic E-state index is 0.126. The lowest BCUT2D eigenvalue weighted by Crippen LogP contribution is -2.35. The number of carbonyl (C=O) groups excluding carboxylic acids is 2. The van der Waals surface area contributed by atoms with E-state index in [4.69, 9.17) is 10.2 Å². The summed E-state index contributed by atoms with van der Waals surface area (Å²) >= 11 is 4.09. The highest BCUT2D eigenvalue weighted by Crippen LogP contribution is 2.35. The molecule has 0 aliphatic carbocycles. The smallest absolute Gasteiger partial charge is 0.313 e. The molecular formula is C15H14BrNO6S. The number of carboxylic acid groups (broad SMARTS) is 1. The largest absolute Gasteiger partial charge is 0.507 e. The number of halogens is 1. The van der Waals surface area contributed by atoms with Crippen LogP contribution in [0.3, 0.4) is 0 Å². The zero-order valence-electron chi connectivity index (χ0n) is 12.3. The van der Waals surface area contributed by atoms with Crippen molar-refractivity contribution in [3.8, 4) is 0 Å². The average Bonchev–Trinajstić information content (AvgIpc) is 2.78. The normalized spacial score (nSPS) is 19.8. The van der Waals surface area contributed by atoms with Gasteiger partial charge in [0, 0.05) is 16.6 Å². The van der Waals surface area contributed by atoms with Crippen LogP contribution < -0.4 is 0 Å². The van der Waals surface area contributed by atoms with Crippen LogP contribution in [-0.4, -0.2) is 62.2 Å². The van der Waals surface area contributed by atoms with E-state index in [0.29, 0.717) is 5.56 Å².